The standard InChI is InChI=1S/C44H35F6IN4/c1-4-30(39-52-40(31-15-7-5-8-16-31)54-41(53-39)32-17-9-6-10-18-32)24-23-29(2)42(43(45,46)47,44(48,49)50)38-26-25-35(28-51(38)3)55-34-20-12-11-19-33(27-34)36-21-13-14-22-37(36)55/h4-28,34,38H,2H2,1,3H3/b24-23-,30-4+. The van der Waals surface area contributed by atoms with Gasteiger partial charge in [0.25, 0.3) is 0 Å². The van der Waals surface area contributed by atoms with Crippen molar-refractivity contribution in [1.29, 1.82) is 0 Å². The van der Waals surface area contributed by atoms with Gasteiger partial charge in [-0.2, -0.15) is 0 Å². The Bertz CT molecular complexity index is 2250. The Labute approximate surface area is 322 Å². The minimum atomic E-state index is -5.73. The number of anilines is 1. The molecular weight excluding hydrogens is 825 g/mol. The van der Waals surface area contributed by atoms with Crippen molar-refractivity contribution in [1.82, 2.24) is 15.0 Å². The van der Waals surface area contributed by atoms with Gasteiger partial charge in [0, 0.05) is 0 Å². The summed E-state index contributed by atoms with van der Waals surface area (Å²) in [6.45, 7) is 5.13. The van der Waals surface area contributed by atoms with Gasteiger partial charge in [0.05, 0.1) is 0 Å². The van der Waals surface area contributed by atoms with E-state index in [2.05, 4.69) is 21.5 Å². The maximum atomic E-state index is 15.4. The van der Waals surface area contributed by atoms with Gasteiger partial charge in [-0.3, -0.25) is 0 Å². The van der Waals surface area contributed by atoms with Crippen molar-refractivity contribution >= 4 is 36.7 Å². The third kappa shape index (κ3) is 7.05. The summed E-state index contributed by atoms with van der Waals surface area (Å²) < 4.78 is 92.3. The van der Waals surface area contributed by atoms with E-state index in [0.29, 0.717) is 28.5 Å². The number of halogens is 7. The second-order valence-corrected chi connectivity index (χ2v) is 18.2. The Balaban J connectivity index is 1.26. The molecule has 0 spiro atoms. The van der Waals surface area contributed by atoms with Gasteiger partial charge >= 0.3 is 312 Å². The minimum absolute atomic E-state index is 0.0831. The summed E-state index contributed by atoms with van der Waals surface area (Å²) in [6, 6.07) is 25.4. The van der Waals surface area contributed by atoms with Crippen LogP contribution in [0.5, 0.6) is 0 Å². The maximum absolute atomic E-state index is 15.4. The molecule has 0 radical (unpaired) electrons. The number of allylic oxidation sites excluding steroid dienone is 11. The molecule has 0 N–H and O–H groups in total. The van der Waals surface area contributed by atoms with Crippen molar-refractivity contribution in [3.63, 3.8) is 0 Å². The molecule has 1 aliphatic carbocycles. The number of para-hydroxylation sites is 1. The Kier molecular flexibility index (Phi) is 10.4. The van der Waals surface area contributed by atoms with Gasteiger partial charge in [0.2, 0.25) is 0 Å². The van der Waals surface area contributed by atoms with E-state index in [1.165, 1.54) is 18.2 Å². The summed E-state index contributed by atoms with van der Waals surface area (Å²) in [5.41, 5.74) is -0.534. The number of fused-ring (bicyclic) bond motifs is 3. The molecule has 0 amide bonds. The summed E-state index contributed by atoms with van der Waals surface area (Å²) in [6.07, 6.45) is 4.37. The van der Waals surface area contributed by atoms with Crippen LogP contribution >= 0.6 is 19.8 Å². The van der Waals surface area contributed by atoms with E-state index in [9.17, 15) is 0 Å². The van der Waals surface area contributed by atoms with Gasteiger partial charge in [0.15, 0.2) is 0 Å². The molecule has 3 aliphatic rings. The van der Waals surface area contributed by atoms with Crippen LogP contribution in [0.1, 0.15) is 18.3 Å². The zero-order valence-corrected chi connectivity index (χ0v) is 31.9. The number of rotatable bonds is 8. The van der Waals surface area contributed by atoms with Crippen molar-refractivity contribution in [2.75, 3.05) is 9.83 Å². The fourth-order valence-electron chi connectivity index (χ4n) is 7.06. The van der Waals surface area contributed by atoms with Gasteiger partial charge in [-0.25, -0.2) is 0 Å². The molecule has 2 atom stereocenters. The average molecular weight is 861 g/mol. The molecule has 3 aromatic carbocycles. The summed E-state index contributed by atoms with van der Waals surface area (Å²) >= 11 is -3.25. The van der Waals surface area contributed by atoms with Gasteiger partial charge in [0.1, 0.15) is 0 Å². The van der Waals surface area contributed by atoms with Gasteiger partial charge in [-0.15, -0.1) is 0 Å². The number of hydrogen-bond donors (Lipinski definition) is 0. The first-order valence-corrected chi connectivity index (χ1v) is 21.9. The zero-order chi connectivity index (χ0) is 39.0. The number of alkyl halides is 8. The molecule has 0 fully saturated rings. The summed E-state index contributed by atoms with van der Waals surface area (Å²) in [4.78, 5) is 17.3. The fourth-order valence-corrected chi connectivity index (χ4v) is 12.4. The van der Waals surface area contributed by atoms with Crippen LogP contribution in [0.15, 0.2) is 168 Å². The second kappa shape index (κ2) is 15.1. The Morgan fingerprint density at radius 2 is 1.35 bits per heavy atom. The first kappa shape index (κ1) is 38.0. The second-order valence-electron chi connectivity index (χ2n) is 13.0. The van der Waals surface area contributed by atoms with Crippen LogP contribution in [0, 0.1) is 5.41 Å². The number of benzene rings is 3. The molecule has 3 heterocycles. The summed E-state index contributed by atoms with van der Waals surface area (Å²) in [5.74, 6) is 0.676. The van der Waals surface area contributed by atoms with Crippen molar-refractivity contribution in [3.05, 3.63) is 179 Å². The van der Waals surface area contributed by atoms with Crippen LogP contribution in [0.25, 0.3) is 33.9 Å². The normalized spacial score (nSPS) is 19.2. The van der Waals surface area contributed by atoms with Crippen LogP contribution in [-0.2, 0) is 0 Å². The topological polar surface area (TPSA) is 41.9 Å². The van der Waals surface area contributed by atoms with Gasteiger partial charge in [-0.1, -0.05) is 12.1 Å². The molecule has 7 rings (SSSR count). The molecular formula is C44H35F6IN4. The molecule has 11 heteroatoms. The van der Waals surface area contributed by atoms with Crippen molar-refractivity contribution in [2.45, 2.75) is 29.2 Å². The SMILES string of the molecule is C=C(/C=C\C(=C/C)c1nc(-c2ccccc2)nc(-c2ccccc2)n1)C(C1C=CC(N2c3ccccc3C3=CC2C=CC=C3)=CI1C)(C(F)(F)F)C(F)(F)F. The summed E-state index contributed by atoms with van der Waals surface area (Å²) in [7, 11) is 0. The fraction of sp³-hybridized carbons (Fsp3) is 0.159. The molecule has 4 nitrogen and oxygen atoms in total. The molecule has 280 valence electrons. The van der Waals surface area contributed by atoms with E-state index in [1.807, 2.05) is 95.9 Å². The van der Waals surface area contributed by atoms with Crippen molar-refractivity contribution < 1.29 is 26.3 Å². The zero-order valence-electron chi connectivity index (χ0n) is 29.7. The molecule has 2 aliphatic heterocycles. The van der Waals surface area contributed by atoms with Crippen LogP contribution in [0.3, 0.4) is 0 Å². The molecule has 4 aromatic rings. The molecule has 2 unspecified atom stereocenters. The third-order valence-corrected chi connectivity index (χ3v) is 14.8. The quantitative estimate of drug-likeness (QED) is 0.0766. The molecule has 0 saturated heterocycles. The molecule has 0 saturated carbocycles. The Morgan fingerprint density at radius 3 is 1.93 bits per heavy atom. The van der Waals surface area contributed by atoms with Crippen LogP contribution in [-0.4, -0.2) is 42.2 Å². The predicted molar refractivity (Wildman–Crippen MR) is 217 cm³/mol. The molecule has 1 aromatic heterocycles. The van der Waals surface area contributed by atoms with E-state index in [1.54, 1.807) is 40.2 Å². The number of nitrogens with zero attached hydrogens (tertiary/aromatic N) is 4. The van der Waals surface area contributed by atoms with Crippen molar-refractivity contribution in [3.8, 4) is 22.8 Å². The van der Waals surface area contributed by atoms with Crippen molar-refractivity contribution in [2.24, 2.45) is 5.41 Å². The first-order valence-electron chi connectivity index (χ1n) is 17.3. The van der Waals surface area contributed by atoms with Crippen LogP contribution in [0.2, 0.25) is 0 Å². The monoisotopic (exact) mass is 860 g/mol. The predicted octanol–water partition coefficient (Wildman–Crippen LogP) is 12.1. The van der Waals surface area contributed by atoms with E-state index >= 15 is 26.3 Å². The summed E-state index contributed by atoms with van der Waals surface area (Å²) in [5, 5.41) is 0. The van der Waals surface area contributed by atoms with Crippen LogP contribution in [0.4, 0.5) is 32.0 Å². The van der Waals surface area contributed by atoms with E-state index in [0.717, 1.165) is 29.0 Å². The van der Waals surface area contributed by atoms with E-state index in [4.69, 9.17) is 0 Å². The van der Waals surface area contributed by atoms with E-state index < -0.39 is 47.1 Å². The Hall–Kier alpha value is -5.30. The van der Waals surface area contributed by atoms with Gasteiger partial charge in [-0.05, 0) is 0 Å². The van der Waals surface area contributed by atoms with Crippen LogP contribution < -0.4 is 4.90 Å². The third-order valence-electron chi connectivity index (χ3n) is 9.73. The average Bonchev–Trinajstić information content (AvgIpc) is 3.38. The Morgan fingerprint density at radius 1 is 0.745 bits per heavy atom. The first-order chi connectivity index (χ1) is 26.3. The number of hydrogen-bond acceptors (Lipinski definition) is 4. The van der Waals surface area contributed by atoms with E-state index in [-0.39, 0.29) is 17.4 Å². The number of aromatic nitrogens is 3. The molecule has 2 bridgehead atoms. The molecule has 55 heavy (non-hydrogen) atoms. The van der Waals surface area contributed by atoms with Gasteiger partial charge < -0.3 is 0 Å².